The second kappa shape index (κ2) is 7.29. The van der Waals surface area contributed by atoms with Crippen LogP contribution < -0.4 is 5.32 Å². The second-order valence-corrected chi connectivity index (χ2v) is 6.68. The molecule has 0 saturated carbocycles. The molecule has 136 valence electrons. The number of cyclic esters (lactones) is 1. The summed E-state index contributed by atoms with van der Waals surface area (Å²) in [4.78, 5) is 24.4. The fourth-order valence-corrected chi connectivity index (χ4v) is 3.13. The lowest BCUT2D eigenvalue weighted by Crippen LogP contribution is -2.41. The summed E-state index contributed by atoms with van der Waals surface area (Å²) in [6.07, 6.45) is -0.472. The van der Waals surface area contributed by atoms with Crippen molar-refractivity contribution in [2.75, 3.05) is 0 Å². The van der Waals surface area contributed by atoms with Crippen molar-refractivity contribution in [2.24, 2.45) is 0 Å². The van der Waals surface area contributed by atoms with Crippen LogP contribution in [0.25, 0.3) is 11.3 Å². The number of fused-ring (bicyclic) bond motifs is 1. The zero-order valence-electron chi connectivity index (χ0n) is 14.3. The van der Waals surface area contributed by atoms with Crippen LogP contribution in [0.1, 0.15) is 21.7 Å². The topological polar surface area (TPSA) is 68.5 Å². The van der Waals surface area contributed by atoms with E-state index in [1.54, 1.807) is 30.3 Å². The lowest BCUT2D eigenvalue weighted by molar-refractivity contribution is -0.130. The molecule has 1 aliphatic rings. The molecule has 2 heterocycles. The molecule has 1 N–H and O–H groups in total. The van der Waals surface area contributed by atoms with Crippen molar-refractivity contribution >= 4 is 23.5 Å². The highest BCUT2D eigenvalue weighted by atomic mass is 35.5. The molecule has 0 radical (unpaired) electrons. The van der Waals surface area contributed by atoms with Gasteiger partial charge in [-0.05, 0) is 48.0 Å². The molecule has 4 rings (SSSR count). The molecular formula is C21H16ClNO4. The normalized spacial score (nSPS) is 15.7. The minimum absolute atomic E-state index is 0.210. The SMILES string of the molecule is O=C1O[C@H](C(=O)NCc2ccc(-c3ccc(Cl)cc3)o2)Cc2ccccc21. The Labute approximate surface area is 160 Å². The van der Waals surface area contributed by atoms with Gasteiger partial charge in [0.2, 0.25) is 0 Å². The standard InChI is InChI=1S/C21H16ClNO4/c22-15-7-5-13(6-8-15)18-10-9-16(26-18)12-23-20(24)19-11-14-3-1-2-4-17(14)21(25)27-19/h1-10,19H,11-12H2,(H,23,24)/t19-/m0/s1. The maximum atomic E-state index is 12.4. The van der Waals surface area contributed by atoms with Gasteiger partial charge in [-0.2, -0.15) is 0 Å². The molecule has 0 saturated heterocycles. The number of carbonyl (C=O) groups excluding carboxylic acids is 2. The summed E-state index contributed by atoms with van der Waals surface area (Å²) in [5, 5.41) is 3.42. The van der Waals surface area contributed by atoms with Crippen molar-refractivity contribution in [1.29, 1.82) is 0 Å². The first-order chi connectivity index (χ1) is 13.1. The molecule has 0 unspecified atom stereocenters. The van der Waals surface area contributed by atoms with E-state index in [1.165, 1.54) is 0 Å². The molecule has 1 aromatic heterocycles. The Morgan fingerprint density at radius 2 is 1.85 bits per heavy atom. The van der Waals surface area contributed by atoms with Gasteiger partial charge in [-0.3, -0.25) is 4.79 Å². The number of carbonyl (C=O) groups is 2. The molecule has 0 fully saturated rings. The summed E-state index contributed by atoms with van der Waals surface area (Å²) in [5.74, 6) is 0.479. The first kappa shape index (κ1) is 17.4. The summed E-state index contributed by atoms with van der Waals surface area (Å²) in [6.45, 7) is 0.210. The van der Waals surface area contributed by atoms with Gasteiger partial charge in [0.25, 0.3) is 5.91 Å². The van der Waals surface area contributed by atoms with Crippen LogP contribution in [0.3, 0.4) is 0 Å². The van der Waals surface area contributed by atoms with E-state index in [0.717, 1.165) is 11.1 Å². The van der Waals surface area contributed by atoms with Crippen molar-refractivity contribution < 1.29 is 18.7 Å². The number of amides is 1. The van der Waals surface area contributed by atoms with E-state index in [0.29, 0.717) is 28.5 Å². The largest absolute Gasteiger partial charge is 0.459 e. The van der Waals surface area contributed by atoms with E-state index in [9.17, 15) is 9.59 Å². The Bertz CT molecular complexity index is 993. The predicted octanol–water partition coefficient (Wildman–Crippen LogP) is 4.00. The number of esters is 1. The Morgan fingerprint density at radius 1 is 1.07 bits per heavy atom. The smallest absolute Gasteiger partial charge is 0.339 e. The molecule has 1 amide bonds. The van der Waals surface area contributed by atoms with E-state index < -0.39 is 12.1 Å². The van der Waals surface area contributed by atoms with Gasteiger partial charge >= 0.3 is 5.97 Å². The average Bonchev–Trinajstić information content (AvgIpc) is 3.15. The van der Waals surface area contributed by atoms with Crippen molar-refractivity contribution in [3.05, 3.63) is 82.6 Å². The lowest BCUT2D eigenvalue weighted by Gasteiger charge is -2.23. The third kappa shape index (κ3) is 3.73. The quantitative estimate of drug-likeness (QED) is 0.693. The summed E-state index contributed by atoms with van der Waals surface area (Å²) >= 11 is 5.89. The third-order valence-corrected chi connectivity index (χ3v) is 4.66. The number of nitrogens with one attached hydrogen (secondary N) is 1. The molecule has 6 heteroatoms. The Hall–Kier alpha value is -3.05. The van der Waals surface area contributed by atoms with Crippen LogP contribution in [0, 0.1) is 0 Å². The lowest BCUT2D eigenvalue weighted by atomic mass is 9.98. The van der Waals surface area contributed by atoms with E-state index in [1.807, 2.05) is 30.3 Å². The minimum Gasteiger partial charge on any atom is -0.459 e. The van der Waals surface area contributed by atoms with Crippen LogP contribution in [0.5, 0.6) is 0 Å². The van der Waals surface area contributed by atoms with Gasteiger partial charge < -0.3 is 14.5 Å². The van der Waals surface area contributed by atoms with Crippen LogP contribution in [0.15, 0.2) is 65.1 Å². The molecular weight excluding hydrogens is 366 g/mol. The third-order valence-electron chi connectivity index (χ3n) is 4.41. The highest BCUT2D eigenvalue weighted by Crippen LogP contribution is 2.24. The van der Waals surface area contributed by atoms with Gasteiger partial charge in [-0.15, -0.1) is 0 Å². The molecule has 0 aliphatic carbocycles. The van der Waals surface area contributed by atoms with E-state index in [4.69, 9.17) is 20.8 Å². The van der Waals surface area contributed by atoms with Gasteiger partial charge in [0.05, 0.1) is 12.1 Å². The molecule has 1 aliphatic heterocycles. The zero-order chi connectivity index (χ0) is 18.8. The molecule has 27 heavy (non-hydrogen) atoms. The van der Waals surface area contributed by atoms with Gasteiger partial charge in [0.1, 0.15) is 11.5 Å². The average molecular weight is 382 g/mol. The van der Waals surface area contributed by atoms with E-state index in [2.05, 4.69) is 5.32 Å². The number of hydrogen-bond donors (Lipinski definition) is 1. The van der Waals surface area contributed by atoms with Crippen molar-refractivity contribution in [1.82, 2.24) is 5.32 Å². The molecule has 3 aromatic rings. The van der Waals surface area contributed by atoms with Gasteiger partial charge in [-0.25, -0.2) is 4.79 Å². The monoisotopic (exact) mass is 381 g/mol. The zero-order valence-corrected chi connectivity index (χ0v) is 15.0. The maximum absolute atomic E-state index is 12.4. The number of ether oxygens (including phenoxy) is 1. The minimum atomic E-state index is -0.835. The number of benzene rings is 2. The van der Waals surface area contributed by atoms with Crippen LogP contribution in [-0.2, 0) is 22.5 Å². The Morgan fingerprint density at radius 3 is 2.67 bits per heavy atom. The highest BCUT2D eigenvalue weighted by molar-refractivity contribution is 6.30. The number of rotatable bonds is 4. The van der Waals surface area contributed by atoms with Crippen molar-refractivity contribution in [3.63, 3.8) is 0 Å². The van der Waals surface area contributed by atoms with Gasteiger partial charge in [0, 0.05) is 17.0 Å². The van der Waals surface area contributed by atoms with E-state index >= 15 is 0 Å². The maximum Gasteiger partial charge on any atom is 0.339 e. The summed E-state index contributed by atoms with van der Waals surface area (Å²) in [6, 6.07) is 18.1. The first-order valence-corrected chi connectivity index (χ1v) is 8.89. The van der Waals surface area contributed by atoms with Crippen LogP contribution >= 0.6 is 11.6 Å². The van der Waals surface area contributed by atoms with Crippen molar-refractivity contribution in [3.8, 4) is 11.3 Å². The fraction of sp³-hybridized carbons (Fsp3) is 0.143. The number of halogens is 1. The number of furan rings is 1. The molecule has 0 bridgehead atoms. The molecule has 1 atom stereocenters. The second-order valence-electron chi connectivity index (χ2n) is 6.25. The summed E-state index contributed by atoms with van der Waals surface area (Å²) in [7, 11) is 0. The van der Waals surface area contributed by atoms with Crippen LogP contribution in [0.4, 0.5) is 0 Å². The fourth-order valence-electron chi connectivity index (χ4n) is 3.01. The summed E-state index contributed by atoms with van der Waals surface area (Å²) in [5.41, 5.74) is 2.23. The number of hydrogen-bond acceptors (Lipinski definition) is 4. The Kier molecular flexibility index (Phi) is 4.69. The Balaban J connectivity index is 1.39. The molecule has 0 spiro atoms. The summed E-state index contributed by atoms with van der Waals surface area (Å²) < 4.78 is 11.0. The van der Waals surface area contributed by atoms with Gasteiger partial charge in [-0.1, -0.05) is 29.8 Å². The van der Waals surface area contributed by atoms with Gasteiger partial charge in [0.15, 0.2) is 6.10 Å². The van der Waals surface area contributed by atoms with E-state index in [-0.39, 0.29) is 12.5 Å². The first-order valence-electron chi connectivity index (χ1n) is 8.51. The van der Waals surface area contributed by atoms with Crippen molar-refractivity contribution in [2.45, 2.75) is 19.1 Å². The predicted molar refractivity (Wildman–Crippen MR) is 100 cm³/mol. The molecule has 5 nitrogen and oxygen atoms in total. The highest BCUT2D eigenvalue weighted by Gasteiger charge is 2.30. The van der Waals surface area contributed by atoms with Crippen LogP contribution in [-0.4, -0.2) is 18.0 Å². The van der Waals surface area contributed by atoms with Crippen LogP contribution in [0.2, 0.25) is 5.02 Å². The molecule has 2 aromatic carbocycles.